The second-order valence-electron chi connectivity index (χ2n) is 4.88. The number of benzene rings is 1. The minimum atomic E-state index is -0.211. The van der Waals surface area contributed by atoms with Crippen LogP contribution in [0.3, 0.4) is 0 Å². The van der Waals surface area contributed by atoms with Gasteiger partial charge in [0, 0.05) is 10.4 Å². The molecule has 0 unspecified atom stereocenters. The molecule has 2 N–H and O–H groups in total. The highest BCUT2D eigenvalue weighted by atomic mass is 79.9. The van der Waals surface area contributed by atoms with E-state index in [9.17, 15) is 9.59 Å². The normalized spacial score (nSPS) is 14.6. The summed E-state index contributed by atoms with van der Waals surface area (Å²) in [5, 5.41) is 5.44. The quantitative estimate of drug-likeness (QED) is 0.894. The lowest BCUT2D eigenvalue weighted by Gasteiger charge is -2.23. The van der Waals surface area contributed by atoms with Crippen molar-refractivity contribution in [3.05, 3.63) is 28.2 Å². The van der Waals surface area contributed by atoms with E-state index in [0.717, 1.165) is 29.3 Å². The van der Waals surface area contributed by atoms with Crippen LogP contribution in [-0.2, 0) is 9.59 Å². The van der Waals surface area contributed by atoms with Gasteiger partial charge < -0.3 is 10.6 Å². The summed E-state index contributed by atoms with van der Waals surface area (Å²) in [4.78, 5) is 23.3. The molecule has 1 fully saturated rings. The van der Waals surface area contributed by atoms with Crippen LogP contribution in [0.4, 0.5) is 5.69 Å². The molecule has 1 saturated carbocycles. The molecule has 5 heteroatoms. The number of hydrogen-bond donors (Lipinski definition) is 2. The molecule has 0 radical (unpaired) electrons. The summed E-state index contributed by atoms with van der Waals surface area (Å²) in [6.07, 6.45) is 2.99. The molecule has 0 spiro atoms. The third kappa shape index (κ3) is 3.80. The summed E-state index contributed by atoms with van der Waals surface area (Å²) >= 11 is 3.40. The number of aryl methyl sites for hydroxylation is 1. The average molecular weight is 325 g/mol. The Hall–Kier alpha value is -1.36. The van der Waals surface area contributed by atoms with Crippen LogP contribution < -0.4 is 10.6 Å². The topological polar surface area (TPSA) is 58.2 Å². The molecule has 1 aliphatic rings. The maximum Gasteiger partial charge on any atom is 0.243 e. The first-order valence-corrected chi connectivity index (χ1v) is 7.19. The fourth-order valence-corrected chi connectivity index (χ4v) is 2.49. The van der Waals surface area contributed by atoms with Crippen LogP contribution in [0.25, 0.3) is 0 Å². The van der Waals surface area contributed by atoms with E-state index in [4.69, 9.17) is 0 Å². The Morgan fingerprint density at radius 2 is 2.11 bits per heavy atom. The highest BCUT2D eigenvalue weighted by molar-refractivity contribution is 9.10. The van der Waals surface area contributed by atoms with Gasteiger partial charge in [-0.1, -0.05) is 12.5 Å². The second kappa shape index (κ2) is 6.19. The third-order valence-corrected chi connectivity index (χ3v) is 3.95. The zero-order chi connectivity index (χ0) is 13.8. The van der Waals surface area contributed by atoms with Gasteiger partial charge >= 0.3 is 0 Å². The van der Waals surface area contributed by atoms with Crippen molar-refractivity contribution in [1.82, 2.24) is 5.32 Å². The summed E-state index contributed by atoms with van der Waals surface area (Å²) in [6, 6.07) is 5.70. The van der Waals surface area contributed by atoms with Crippen LogP contribution in [0.5, 0.6) is 0 Å². The fourth-order valence-electron chi connectivity index (χ4n) is 1.90. The summed E-state index contributed by atoms with van der Waals surface area (Å²) in [5.41, 5.74) is 1.83. The monoisotopic (exact) mass is 324 g/mol. The molecule has 0 aliphatic heterocycles. The van der Waals surface area contributed by atoms with Gasteiger partial charge in [0.25, 0.3) is 0 Å². The molecule has 0 saturated heterocycles. The molecule has 4 nitrogen and oxygen atoms in total. The van der Waals surface area contributed by atoms with E-state index >= 15 is 0 Å². The lowest BCUT2D eigenvalue weighted by Crippen LogP contribution is -2.39. The van der Waals surface area contributed by atoms with Crippen molar-refractivity contribution in [3.63, 3.8) is 0 Å². The number of anilines is 1. The Bertz CT molecular complexity index is 498. The van der Waals surface area contributed by atoms with Crippen molar-refractivity contribution in [2.45, 2.75) is 26.2 Å². The number of amides is 2. The van der Waals surface area contributed by atoms with E-state index in [-0.39, 0.29) is 24.3 Å². The molecule has 2 amide bonds. The lowest BCUT2D eigenvalue weighted by atomic mass is 9.85. The van der Waals surface area contributed by atoms with E-state index in [1.807, 2.05) is 25.1 Å². The average Bonchev–Trinajstić information content (AvgIpc) is 2.28. The highest BCUT2D eigenvalue weighted by Crippen LogP contribution is 2.26. The lowest BCUT2D eigenvalue weighted by molar-refractivity contribution is -0.129. The Balaban J connectivity index is 1.81. The largest absolute Gasteiger partial charge is 0.347 e. The van der Waals surface area contributed by atoms with Crippen molar-refractivity contribution >= 4 is 33.4 Å². The van der Waals surface area contributed by atoms with Gasteiger partial charge in [-0.05, 0) is 53.4 Å². The number of nitrogens with one attached hydrogen (secondary N) is 2. The third-order valence-electron chi connectivity index (χ3n) is 3.30. The van der Waals surface area contributed by atoms with Crippen molar-refractivity contribution in [2.75, 3.05) is 11.9 Å². The molecular formula is C14H17BrN2O2. The van der Waals surface area contributed by atoms with Gasteiger partial charge in [-0.25, -0.2) is 0 Å². The summed E-state index contributed by atoms with van der Waals surface area (Å²) in [6.45, 7) is 2.00. The number of rotatable bonds is 4. The molecule has 0 heterocycles. The first-order chi connectivity index (χ1) is 9.06. The molecule has 19 heavy (non-hydrogen) atoms. The minimum absolute atomic E-state index is 0.00984. The van der Waals surface area contributed by atoms with Gasteiger partial charge in [0.1, 0.15) is 0 Å². The Morgan fingerprint density at radius 3 is 2.68 bits per heavy atom. The zero-order valence-electron chi connectivity index (χ0n) is 10.8. The van der Waals surface area contributed by atoms with E-state index < -0.39 is 0 Å². The number of halogens is 1. The maximum absolute atomic E-state index is 11.7. The van der Waals surface area contributed by atoms with Gasteiger partial charge in [-0.15, -0.1) is 0 Å². The SMILES string of the molecule is Cc1ccc(NC(=O)CNC(=O)C2CCC2)c(Br)c1. The Morgan fingerprint density at radius 1 is 1.37 bits per heavy atom. The number of carbonyl (C=O) groups excluding carboxylic acids is 2. The molecule has 0 atom stereocenters. The minimum Gasteiger partial charge on any atom is -0.347 e. The number of hydrogen-bond acceptors (Lipinski definition) is 2. The maximum atomic E-state index is 11.7. The van der Waals surface area contributed by atoms with E-state index in [0.29, 0.717) is 5.69 Å². The van der Waals surface area contributed by atoms with Crippen molar-refractivity contribution in [3.8, 4) is 0 Å². The van der Waals surface area contributed by atoms with Gasteiger partial charge in [0.05, 0.1) is 12.2 Å². The van der Waals surface area contributed by atoms with E-state index in [1.165, 1.54) is 0 Å². The van der Waals surface area contributed by atoms with Crippen LogP contribution in [0, 0.1) is 12.8 Å². The molecule has 1 aliphatic carbocycles. The first kappa shape index (κ1) is 14.1. The highest BCUT2D eigenvalue weighted by Gasteiger charge is 2.25. The second-order valence-corrected chi connectivity index (χ2v) is 5.73. The van der Waals surface area contributed by atoms with Gasteiger partial charge in [-0.3, -0.25) is 9.59 Å². The molecular weight excluding hydrogens is 308 g/mol. The molecule has 0 aromatic heterocycles. The molecule has 0 bridgehead atoms. The van der Waals surface area contributed by atoms with Gasteiger partial charge in [0.15, 0.2) is 0 Å². The molecule has 2 rings (SSSR count). The molecule has 1 aromatic rings. The van der Waals surface area contributed by atoms with Crippen LogP contribution in [0.2, 0.25) is 0 Å². The first-order valence-electron chi connectivity index (χ1n) is 6.40. The predicted molar refractivity (Wildman–Crippen MR) is 77.9 cm³/mol. The van der Waals surface area contributed by atoms with Crippen LogP contribution in [-0.4, -0.2) is 18.4 Å². The standard InChI is InChI=1S/C14H17BrN2O2/c1-9-5-6-12(11(15)7-9)17-13(18)8-16-14(19)10-3-2-4-10/h5-7,10H,2-4,8H2,1H3,(H,16,19)(H,17,18). The van der Waals surface area contributed by atoms with Crippen molar-refractivity contribution in [2.24, 2.45) is 5.92 Å². The van der Waals surface area contributed by atoms with Gasteiger partial charge in [-0.2, -0.15) is 0 Å². The summed E-state index contributed by atoms with van der Waals surface area (Å²) < 4.78 is 0.839. The van der Waals surface area contributed by atoms with E-state index in [2.05, 4.69) is 26.6 Å². The van der Waals surface area contributed by atoms with Crippen molar-refractivity contribution < 1.29 is 9.59 Å². The molecule has 102 valence electrons. The van der Waals surface area contributed by atoms with Gasteiger partial charge in [0.2, 0.25) is 11.8 Å². The summed E-state index contributed by atoms with van der Waals surface area (Å²) in [7, 11) is 0. The Labute approximate surface area is 121 Å². The predicted octanol–water partition coefficient (Wildman–Crippen LogP) is 2.61. The Kier molecular flexibility index (Phi) is 4.58. The zero-order valence-corrected chi connectivity index (χ0v) is 12.4. The smallest absolute Gasteiger partial charge is 0.243 e. The van der Waals surface area contributed by atoms with Crippen LogP contribution in [0.15, 0.2) is 22.7 Å². The van der Waals surface area contributed by atoms with Crippen LogP contribution >= 0.6 is 15.9 Å². The van der Waals surface area contributed by atoms with Crippen molar-refractivity contribution in [1.29, 1.82) is 0 Å². The van der Waals surface area contributed by atoms with E-state index in [1.54, 1.807) is 0 Å². The number of carbonyl (C=O) groups is 2. The summed E-state index contributed by atoms with van der Waals surface area (Å²) in [5.74, 6) is -0.111. The fraction of sp³-hybridized carbons (Fsp3) is 0.429. The van der Waals surface area contributed by atoms with Crippen LogP contribution in [0.1, 0.15) is 24.8 Å². The molecule has 1 aromatic carbocycles.